The summed E-state index contributed by atoms with van der Waals surface area (Å²) in [6, 6.07) is 8.11. The molecule has 3 saturated heterocycles. The Labute approximate surface area is 180 Å². The van der Waals surface area contributed by atoms with E-state index in [9.17, 15) is 0 Å². The topological polar surface area (TPSA) is 52.7 Å². The lowest BCUT2D eigenvalue weighted by Gasteiger charge is -2.59. The highest BCUT2D eigenvalue weighted by Crippen LogP contribution is 2.48. The second-order valence-corrected chi connectivity index (χ2v) is 11.1. The summed E-state index contributed by atoms with van der Waals surface area (Å²) in [6.07, 6.45) is 1.81. The summed E-state index contributed by atoms with van der Waals surface area (Å²) in [5.74, 6) is 0.330. The molecule has 30 heavy (non-hydrogen) atoms. The third kappa shape index (κ3) is 5.00. The number of ether oxygens (including phenoxy) is 4. The summed E-state index contributed by atoms with van der Waals surface area (Å²) in [4.78, 5) is 6.38. The van der Waals surface area contributed by atoms with Crippen LogP contribution in [0.2, 0.25) is 0 Å². The molecular weight excluding hydrogens is 382 g/mol. The maximum atomic E-state index is 6.38. The van der Waals surface area contributed by atoms with E-state index in [4.69, 9.17) is 23.8 Å². The summed E-state index contributed by atoms with van der Waals surface area (Å²) in [5.41, 5.74) is 0.728. The van der Waals surface area contributed by atoms with Crippen LogP contribution in [0.1, 0.15) is 59.9 Å². The quantitative estimate of drug-likeness (QED) is 0.640. The van der Waals surface area contributed by atoms with Gasteiger partial charge in [0.25, 0.3) is 0 Å². The highest BCUT2D eigenvalue weighted by molar-refractivity contribution is 5.27. The van der Waals surface area contributed by atoms with E-state index in [1.165, 1.54) is 0 Å². The van der Waals surface area contributed by atoms with Crippen molar-refractivity contribution in [3.8, 4) is 5.75 Å². The standard InChI is InChI=1S/C24H37NO5/c1-21(2)16-28-24(29-17-21)14-22(3,4)25(23(5,6)15-24)30-11-18-7-9-19(10-8-18)26-12-20-13-27-20/h7-10,20H,11-17H2,1-6H3. The molecule has 4 rings (SSSR count). The molecule has 0 aliphatic carbocycles. The maximum Gasteiger partial charge on any atom is 0.171 e. The smallest absolute Gasteiger partial charge is 0.171 e. The highest BCUT2D eigenvalue weighted by Gasteiger charge is 2.56. The third-order valence-electron chi connectivity index (χ3n) is 6.08. The molecular formula is C24H37NO5. The lowest BCUT2D eigenvalue weighted by atomic mass is 9.77. The molecule has 6 heteroatoms. The number of hydrogen-bond acceptors (Lipinski definition) is 6. The molecule has 3 fully saturated rings. The summed E-state index contributed by atoms with van der Waals surface area (Å²) < 4.78 is 23.6. The monoisotopic (exact) mass is 419 g/mol. The van der Waals surface area contributed by atoms with Gasteiger partial charge in [0.2, 0.25) is 0 Å². The van der Waals surface area contributed by atoms with Crippen molar-refractivity contribution in [3.63, 3.8) is 0 Å². The van der Waals surface area contributed by atoms with Gasteiger partial charge in [-0.15, -0.1) is 0 Å². The number of piperidine rings is 1. The summed E-state index contributed by atoms with van der Waals surface area (Å²) in [6.45, 7) is 16.6. The van der Waals surface area contributed by atoms with E-state index >= 15 is 0 Å². The molecule has 0 N–H and O–H groups in total. The fourth-order valence-corrected chi connectivity index (χ4v) is 4.81. The summed E-state index contributed by atoms with van der Waals surface area (Å²) >= 11 is 0. The first-order valence-corrected chi connectivity index (χ1v) is 11.0. The van der Waals surface area contributed by atoms with Crippen LogP contribution in [0.25, 0.3) is 0 Å². The normalized spacial score (nSPS) is 28.9. The lowest BCUT2D eigenvalue weighted by Crippen LogP contribution is -2.67. The van der Waals surface area contributed by atoms with E-state index in [-0.39, 0.29) is 22.6 Å². The number of benzene rings is 1. The fourth-order valence-electron chi connectivity index (χ4n) is 4.81. The average Bonchev–Trinajstić information content (AvgIpc) is 3.47. The van der Waals surface area contributed by atoms with Gasteiger partial charge in [0.1, 0.15) is 18.5 Å². The van der Waals surface area contributed by atoms with Gasteiger partial charge in [0, 0.05) is 29.3 Å². The molecule has 0 saturated carbocycles. The molecule has 0 aromatic heterocycles. The van der Waals surface area contributed by atoms with Gasteiger partial charge in [0.15, 0.2) is 5.79 Å². The summed E-state index contributed by atoms with van der Waals surface area (Å²) in [7, 11) is 0. The first-order valence-electron chi connectivity index (χ1n) is 11.0. The lowest BCUT2D eigenvalue weighted by molar-refractivity contribution is -0.382. The number of hydroxylamine groups is 2. The van der Waals surface area contributed by atoms with Crippen molar-refractivity contribution in [1.29, 1.82) is 0 Å². The van der Waals surface area contributed by atoms with Gasteiger partial charge in [0.05, 0.1) is 26.4 Å². The van der Waals surface area contributed by atoms with Crippen LogP contribution < -0.4 is 4.74 Å². The second-order valence-electron chi connectivity index (χ2n) is 11.1. The predicted octanol–water partition coefficient (Wildman–Crippen LogP) is 4.32. The Morgan fingerprint density at radius 1 is 0.933 bits per heavy atom. The Balaban J connectivity index is 1.37. The predicted molar refractivity (Wildman–Crippen MR) is 114 cm³/mol. The van der Waals surface area contributed by atoms with Gasteiger partial charge >= 0.3 is 0 Å². The Hall–Kier alpha value is -1.18. The van der Waals surface area contributed by atoms with Crippen LogP contribution in [0.3, 0.4) is 0 Å². The van der Waals surface area contributed by atoms with Gasteiger partial charge in [-0.25, -0.2) is 0 Å². The van der Waals surface area contributed by atoms with Gasteiger partial charge in [-0.05, 0) is 45.4 Å². The zero-order chi connectivity index (χ0) is 21.6. The summed E-state index contributed by atoms with van der Waals surface area (Å²) in [5, 5.41) is 2.15. The van der Waals surface area contributed by atoms with E-state index < -0.39 is 5.79 Å². The first kappa shape index (κ1) is 22.0. The van der Waals surface area contributed by atoms with Crippen molar-refractivity contribution >= 4 is 0 Å². The van der Waals surface area contributed by atoms with Crippen LogP contribution >= 0.6 is 0 Å². The minimum Gasteiger partial charge on any atom is -0.491 e. The average molecular weight is 420 g/mol. The van der Waals surface area contributed by atoms with E-state index in [1.54, 1.807) is 0 Å². The largest absolute Gasteiger partial charge is 0.491 e. The molecule has 6 nitrogen and oxygen atoms in total. The van der Waals surface area contributed by atoms with E-state index in [0.29, 0.717) is 13.2 Å². The highest BCUT2D eigenvalue weighted by atomic mass is 16.7. The van der Waals surface area contributed by atoms with E-state index in [0.717, 1.165) is 44.0 Å². The molecule has 1 unspecified atom stereocenters. The SMILES string of the molecule is CC1(C)COC2(CC(C)(C)N(OCc3ccc(OCC4CO4)cc3)C(C)(C)C2)OC1. The van der Waals surface area contributed by atoms with Crippen molar-refractivity contribution in [2.75, 3.05) is 26.4 Å². The van der Waals surface area contributed by atoms with Crippen LogP contribution in [0, 0.1) is 5.41 Å². The molecule has 0 radical (unpaired) electrons. The number of nitrogens with zero attached hydrogens (tertiary/aromatic N) is 1. The van der Waals surface area contributed by atoms with Gasteiger partial charge < -0.3 is 18.9 Å². The molecule has 1 spiro atoms. The number of epoxide rings is 1. The van der Waals surface area contributed by atoms with Gasteiger partial charge in [-0.2, -0.15) is 5.06 Å². The zero-order valence-corrected chi connectivity index (χ0v) is 19.3. The van der Waals surface area contributed by atoms with Gasteiger partial charge in [-0.3, -0.25) is 4.84 Å². The van der Waals surface area contributed by atoms with Gasteiger partial charge in [-0.1, -0.05) is 26.0 Å². The molecule has 0 amide bonds. The fraction of sp³-hybridized carbons (Fsp3) is 0.750. The van der Waals surface area contributed by atoms with Crippen LogP contribution in [0.4, 0.5) is 0 Å². The maximum absolute atomic E-state index is 6.38. The molecule has 0 bridgehead atoms. The Bertz CT molecular complexity index is 708. The molecule has 1 aromatic carbocycles. The van der Waals surface area contributed by atoms with Crippen molar-refractivity contribution in [2.24, 2.45) is 5.41 Å². The van der Waals surface area contributed by atoms with Crippen molar-refractivity contribution in [1.82, 2.24) is 5.06 Å². The third-order valence-corrected chi connectivity index (χ3v) is 6.08. The molecule has 1 atom stereocenters. The number of rotatable bonds is 6. The molecule has 3 aliphatic heterocycles. The van der Waals surface area contributed by atoms with Crippen molar-refractivity contribution in [2.45, 2.75) is 84.0 Å². The molecule has 168 valence electrons. The van der Waals surface area contributed by atoms with Crippen LogP contribution in [0.15, 0.2) is 24.3 Å². The van der Waals surface area contributed by atoms with Crippen LogP contribution in [-0.4, -0.2) is 54.5 Å². The van der Waals surface area contributed by atoms with Crippen molar-refractivity contribution < 1.29 is 23.8 Å². The minimum absolute atomic E-state index is 0.0642. The Morgan fingerprint density at radius 2 is 1.50 bits per heavy atom. The van der Waals surface area contributed by atoms with Crippen LogP contribution in [0.5, 0.6) is 5.75 Å². The molecule has 3 heterocycles. The zero-order valence-electron chi connectivity index (χ0n) is 19.3. The van der Waals surface area contributed by atoms with Crippen molar-refractivity contribution in [3.05, 3.63) is 29.8 Å². The first-order chi connectivity index (χ1) is 14.0. The Morgan fingerprint density at radius 3 is 2.03 bits per heavy atom. The molecule has 1 aromatic rings. The molecule has 3 aliphatic rings. The minimum atomic E-state index is -0.535. The second kappa shape index (κ2) is 7.75. The number of hydrogen-bond donors (Lipinski definition) is 0. The van der Waals surface area contributed by atoms with E-state index in [1.807, 2.05) is 12.1 Å². The van der Waals surface area contributed by atoms with Crippen LogP contribution in [-0.2, 0) is 25.7 Å². The Kier molecular flexibility index (Phi) is 5.69. The van der Waals surface area contributed by atoms with E-state index in [2.05, 4.69) is 58.7 Å².